The Morgan fingerprint density at radius 1 is 1.22 bits per heavy atom. The molecule has 2 aliphatic carbocycles. The van der Waals surface area contributed by atoms with Gasteiger partial charge in [-0.25, -0.2) is 0 Å². The van der Waals surface area contributed by atoms with E-state index in [1.807, 2.05) is 30.3 Å². The van der Waals surface area contributed by atoms with Gasteiger partial charge in [-0.1, -0.05) is 51.1 Å². The molecule has 1 aromatic carbocycles. The Hall–Kier alpha value is -0.940. The van der Waals surface area contributed by atoms with Gasteiger partial charge in [-0.2, -0.15) is 0 Å². The number of fused-ring (bicyclic) bond motifs is 5. The minimum Gasteiger partial charge on any atom is -0.391 e. The van der Waals surface area contributed by atoms with Crippen LogP contribution in [-0.4, -0.2) is 36.3 Å². The lowest BCUT2D eigenvalue weighted by Gasteiger charge is -2.39. The number of benzene rings is 1. The normalized spacial score (nSPS) is 38.7. The van der Waals surface area contributed by atoms with Gasteiger partial charge in [0, 0.05) is 6.42 Å². The van der Waals surface area contributed by atoms with Crippen LogP contribution in [0.2, 0.25) is 0 Å². The molecule has 0 unspecified atom stereocenters. The summed E-state index contributed by atoms with van der Waals surface area (Å²) in [5, 5.41) is 10.2. The van der Waals surface area contributed by atoms with Crippen LogP contribution in [0.25, 0.3) is 0 Å². The Labute approximate surface area is 163 Å². The zero-order valence-electron chi connectivity index (χ0n) is 17.1. The van der Waals surface area contributed by atoms with Crippen LogP contribution in [0.15, 0.2) is 30.3 Å². The van der Waals surface area contributed by atoms with E-state index in [9.17, 15) is 5.11 Å². The van der Waals surface area contributed by atoms with Gasteiger partial charge in [0.15, 0.2) is 6.29 Å². The van der Waals surface area contributed by atoms with Gasteiger partial charge in [0.1, 0.15) is 6.10 Å². The van der Waals surface area contributed by atoms with Gasteiger partial charge >= 0.3 is 0 Å². The highest BCUT2D eigenvalue weighted by Gasteiger charge is 2.69. The van der Waals surface area contributed by atoms with E-state index in [1.54, 1.807) is 6.92 Å². The highest BCUT2D eigenvalue weighted by molar-refractivity contribution is 5.16. The summed E-state index contributed by atoms with van der Waals surface area (Å²) < 4.78 is 18.4. The third kappa shape index (κ3) is 3.25. The van der Waals surface area contributed by atoms with Crippen molar-refractivity contribution in [2.45, 2.75) is 78.2 Å². The summed E-state index contributed by atoms with van der Waals surface area (Å²) in [7, 11) is 0. The van der Waals surface area contributed by atoms with Crippen LogP contribution < -0.4 is 0 Å². The lowest BCUT2D eigenvalue weighted by Crippen LogP contribution is -2.39. The number of hydrogen-bond donors (Lipinski definition) is 1. The third-order valence-corrected chi connectivity index (χ3v) is 7.93. The molecule has 1 heterocycles. The second kappa shape index (κ2) is 7.14. The second-order valence-corrected chi connectivity index (χ2v) is 9.59. The lowest BCUT2D eigenvalue weighted by molar-refractivity contribution is -0.211. The van der Waals surface area contributed by atoms with Crippen molar-refractivity contribution in [1.29, 1.82) is 0 Å². The van der Waals surface area contributed by atoms with Gasteiger partial charge in [-0.3, -0.25) is 0 Å². The predicted molar refractivity (Wildman–Crippen MR) is 104 cm³/mol. The van der Waals surface area contributed by atoms with Crippen molar-refractivity contribution in [3.63, 3.8) is 0 Å². The molecule has 150 valence electrons. The molecule has 2 saturated carbocycles. The van der Waals surface area contributed by atoms with E-state index >= 15 is 0 Å². The molecule has 4 nitrogen and oxygen atoms in total. The first-order chi connectivity index (χ1) is 12.8. The summed E-state index contributed by atoms with van der Waals surface area (Å²) in [6.07, 6.45) is 2.60. The summed E-state index contributed by atoms with van der Waals surface area (Å²) in [4.78, 5) is 0. The molecule has 0 aromatic heterocycles. The number of hydrogen-bond acceptors (Lipinski definition) is 4. The van der Waals surface area contributed by atoms with Crippen molar-refractivity contribution in [2.75, 3.05) is 6.61 Å². The standard InChI is InChI=1S/C23H34O4/c1-15(24)19(14-25-13-16-8-6-5-7-9-16)26-20-12-17-18-10-11-23(4,21(17)27-20)22(18,2)3/h5-9,15,17-21,24H,10-14H2,1-4H3/t15-,17+,18-,19-,20+,21+,23+/m1/s1. The summed E-state index contributed by atoms with van der Waals surface area (Å²) in [5.41, 5.74) is 1.71. The zero-order valence-corrected chi connectivity index (χ0v) is 17.1. The molecule has 0 spiro atoms. The van der Waals surface area contributed by atoms with Crippen molar-refractivity contribution in [1.82, 2.24) is 0 Å². The molecule has 1 saturated heterocycles. The number of aliphatic hydroxyl groups is 1. The maximum Gasteiger partial charge on any atom is 0.158 e. The van der Waals surface area contributed by atoms with Crippen LogP contribution in [0, 0.1) is 22.7 Å². The van der Waals surface area contributed by atoms with Crippen LogP contribution in [0.3, 0.4) is 0 Å². The molecular weight excluding hydrogens is 340 g/mol. The number of rotatable bonds is 7. The average Bonchev–Trinajstić information content (AvgIpc) is 3.19. The molecule has 3 aliphatic rings. The van der Waals surface area contributed by atoms with Gasteiger partial charge in [0.2, 0.25) is 0 Å². The van der Waals surface area contributed by atoms with E-state index < -0.39 is 6.10 Å². The Morgan fingerprint density at radius 2 is 1.96 bits per heavy atom. The van der Waals surface area contributed by atoms with Crippen molar-refractivity contribution in [3.05, 3.63) is 35.9 Å². The lowest BCUT2D eigenvalue weighted by atomic mass is 9.70. The van der Waals surface area contributed by atoms with E-state index in [0.717, 1.165) is 17.9 Å². The first kappa shape index (κ1) is 19.4. The van der Waals surface area contributed by atoms with Gasteiger partial charge in [-0.05, 0) is 48.0 Å². The smallest absolute Gasteiger partial charge is 0.158 e. The fourth-order valence-corrected chi connectivity index (χ4v) is 5.93. The van der Waals surface area contributed by atoms with E-state index in [4.69, 9.17) is 14.2 Å². The SMILES string of the molecule is C[C@@H](O)[C@@H](COCc1ccccc1)O[C@@H]1C[C@H]2[C@H]3CC[C@@](C)([C@H]2O1)C3(C)C. The molecule has 0 radical (unpaired) electrons. The Morgan fingerprint density at radius 3 is 2.63 bits per heavy atom. The van der Waals surface area contributed by atoms with E-state index in [1.165, 1.54) is 12.8 Å². The Bertz CT molecular complexity index is 643. The highest BCUT2D eigenvalue weighted by Crippen LogP contribution is 2.71. The average molecular weight is 375 g/mol. The molecule has 7 atom stereocenters. The van der Waals surface area contributed by atoms with Crippen LogP contribution >= 0.6 is 0 Å². The zero-order chi connectivity index (χ0) is 19.2. The summed E-state index contributed by atoms with van der Waals surface area (Å²) >= 11 is 0. The largest absolute Gasteiger partial charge is 0.391 e. The molecule has 1 N–H and O–H groups in total. The van der Waals surface area contributed by atoms with E-state index in [2.05, 4.69) is 20.8 Å². The van der Waals surface area contributed by atoms with Crippen LogP contribution in [0.4, 0.5) is 0 Å². The molecule has 4 heteroatoms. The third-order valence-electron chi connectivity index (χ3n) is 7.93. The molecular formula is C23H34O4. The van der Waals surface area contributed by atoms with Crippen molar-refractivity contribution in [3.8, 4) is 0 Å². The van der Waals surface area contributed by atoms with Crippen molar-refractivity contribution >= 4 is 0 Å². The van der Waals surface area contributed by atoms with Gasteiger partial charge in [0.25, 0.3) is 0 Å². The number of ether oxygens (including phenoxy) is 3. The van der Waals surface area contributed by atoms with Crippen molar-refractivity contribution < 1.29 is 19.3 Å². The summed E-state index contributed by atoms with van der Waals surface area (Å²) in [6, 6.07) is 10.1. The topological polar surface area (TPSA) is 47.9 Å². The summed E-state index contributed by atoms with van der Waals surface area (Å²) in [6.45, 7) is 9.89. The minimum atomic E-state index is -0.589. The molecule has 4 rings (SSSR count). The second-order valence-electron chi connectivity index (χ2n) is 9.59. The first-order valence-electron chi connectivity index (χ1n) is 10.4. The van der Waals surface area contributed by atoms with Gasteiger partial charge in [-0.15, -0.1) is 0 Å². The van der Waals surface area contributed by atoms with E-state index in [0.29, 0.717) is 24.5 Å². The van der Waals surface area contributed by atoms with Crippen LogP contribution in [0.1, 0.15) is 52.5 Å². The first-order valence-corrected chi connectivity index (χ1v) is 10.4. The minimum absolute atomic E-state index is 0.226. The predicted octanol–water partition coefficient (Wildman–Crippen LogP) is 4.16. The van der Waals surface area contributed by atoms with Crippen molar-refractivity contribution in [2.24, 2.45) is 22.7 Å². The van der Waals surface area contributed by atoms with Crippen LogP contribution in [0.5, 0.6) is 0 Å². The molecule has 1 aliphatic heterocycles. The monoisotopic (exact) mass is 374 g/mol. The van der Waals surface area contributed by atoms with Gasteiger partial charge < -0.3 is 19.3 Å². The molecule has 1 aromatic rings. The van der Waals surface area contributed by atoms with Crippen LogP contribution in [-0.2, 0) is 20.8 Å². The maximum absolute atomic E-state index is 10.2. The molecule has 27 heavy (non-hydrogen) atoms. The summed E-state index contributed by atoms with van der Waals surface area (Å²) in [5.74, 6) is 1.31. The number of aliphatic hydroxyl groups excluding tert-OH is 1. The molecule has 0 amide bonds. The van der Waals surface area contributed by atoms with Gasteiger partial charge in [0.05, 0.1) is 25.4 Å². The molecule has 2 bridgehead atoms. The highest BCUT2D eigenvalue weighted by atomic mass is 16.7. The maximum atomic E-state index is 10.2. The molecule has 3 fully saturated rings. The fourth-order valence-electron chi connectivity index (χ4n) is 5.93. The van der Waals surface area contributed by atoms with E-state index in [-0.39, 0.29) is 23.9 Å². The fraction of sp³-hybridized carbons (Fsp3) is 0.739. The Balaban J connectivity index is 1.33. The Kier molecular flexibility index (Phi) is 5.13. The quantitative estimate of drug-likeness (QED) is 0.779.